The molecule has 2 saturated carbocycles. The summed E-state index contributed by atoms with van der Waals surface area (Å²) in [6, 6.07) is 0. The fourth-order valence-electron chi connectivity index (χ4n) is 4.40. The third-order valence-corrected chi connectivity index (χ3v) is 8.34. The van der Waals surface area contributed by atoms with Crippen LogP contribution >= 0.6 is 0 Å². The summed E-state index contributed by atoms with van der Waals surface area (Å²) in [6.07, 6.45) is 0.807. The lowest BCUT2D eigenvalue weighted by Crippen LogP contribution is -2.53. The number of morpholine rings is 1. The van der Waals surface area contributed by atoms with Crippen LogP contribution in [0, 0.1) is 23.2 Å². The molecule has 1 N–H and O–H groups in total. The summed E-state index contributed by atoms with van der Waals surface area (Å²) in [5.74, 6) is 0.441. The smallest absolute Gasteiger partial charge is 0.222 e. The predicted octanol–water partition coefficient (Wildman–Crippen LogP) is 1.16. The molecule has 3 aliphatic rings. The average molecular weight is 316 g/mol. The van der Waals surface area contributed by atoms with Gasteiger partial charge in [0.25, 0.3) is 0 Å². The first kappa shape index (κ1) is 15.2. The topological polar surface area (TPSA) is 79.2 Å². The molecule has 6 nitrogen and oxygen atoms in total. The molecule has 1 saturated heterocycles. The number of oxime groups is 1. The first-order valence-electron chi connectivity index (χ1n) is 7.60. The number of rotatable bonds is 2. The first-order chi connectivity index (χ1) is 9.81. The predicted molar refractivity (Wildman–Crippen MR) is 78.9 cm³/mol. The number of sulfonamides is 1. The Bertz CT molecular complexity index is 551. The lowest BCUT2D eigenvalue weighted by molar-refractivity contribution is 0.0719. The van der Waals surface area contributed by atoms with Crippen LogP contribution in [0.4, 0.5) is 0 Å². The Balaban J connectivity index is 1.97. The van der Waals surface area contributed by atoms with Crippen LogP contribution < -0.4 is 0 Å². The van der Waals surface area contributed by atoms with Gasteiger partial charge in [-0.15, -0.1) is 0 Å². The van der Waals surface area contributed by atoms with E-state index in [4.69, 9.17) is 4.74 Å². The minimum atomic E-state index is -3.49. The summed E-state index contributed by atoms with van der Waals surface area (Å²) < 4.78 is 32.8. The van der Waals surface area contributed by atoms with Gasteiger partial charge in [0.2, 0.25) is 10.0 Å². The zero-order chi connectivity index (χ0) is 15.4. The highest BCUT2D eigenvalue weighted by molar-refractivity contribution is 7.90. The van der Waals surface area contributed by atoms with E-state index in [1.807, 2.05) is 0 Å². The van der Waals surface area contributed by atoms with E-state index in [9.17, 15) is 13.6 Å². The Morgan fingerprint density at radius 2 is 1.95 bits per heavy atom. The quantitative estimate of drug-likeness (QED) is 0.612. The van der Waals surface area contributed by atoms with Gasteiger partial charge in [-0.25, -0.2) is 8.42 Å². The molecule has 0 aromatic rings. The molecule has 4 unspecified atom stereocenters. The molecule has 0 radical (unpaired) electrons. The highest BCUT2D eigenvalue weighted by Crippen LogP contribution is 2.59. The summed E-state index contributed by atoms with van der Waals surface area (Å²) in [7, 11) is -3.49. The Morgan fingerprint density at radius 1 is 1.33 bits per heavy atom. The van der Waals surface area contributed by atoms with E-state index in [1.54, 1.807) is 0 Å². The van der Waals surface area contributed by atoms with E-state index in [-0.39, 0.29) is 17.3 Å². The third kappa shape index (κ3) is 2.04. The number of nitrogens with zero attached hydrogens (tertiary/aromatic N) is 2. The normalized spacial score (nSPS) is 41.8. The van der Waals surface area contributed by atoms with Crippen molar-refractivity contribution in [1.29, 1.82) is 0 Å². The summed E-state index contributed by atoms with van der Waals surface area (Å²) in [5, 5.41) is 12.1. The molecule has 3 fully saturated rings. The Labute approximate surface area is 126 Å². The number of hydrogen-bond donors (Lipinski definition) is 1. The molecule has 4 atom stereocenters. The third-order valence-electron chi connectivity index (χ3n) is 6.04. The number of hydrogen-bond acceptors (Lipinski definition) is 5. The number of fused-ring (bicyclic) bond motifs is 2. The van der Waals surface area contributed by atoms with Gasteiger partial charge in [-0.1, -0.05) is 25.9 Å². The van der Waals surface area contributed by atoms with E-state index in [0.29, 0.717) is 37.9 Å². The van der Waals surface area contributed by atoms with Crippen LogP contribution in [0.3, 0.4) is 0 Å². The van der Waals surface area contributed by atoms with E-state index >= 15 is 0 Å². The molecular formula is C14H24N2O4S. The Hall–Kier alpha value is -0.660. The van der Waals surface area contributed by atoms with Crippen molar-refractivity contribution in [3.8, 4) is 0 Å². The molecule has 1 heterocycles. The maximum absolute atomic E-state index is 13.0. The van der Waals surface area contributed by atoms with Crippen molar-refractivity contribution in [3.05, 3.63) is 0 Å². The second kappa shape index (κ2) is 4.93. The van der Waals surface area contributed by atoms with Gasteiger partial charge in [-0.05, 0) is 23.7 Å². The summed E-state index contributed by atoms with van der Waals surface area (Å²) in [5.41, 5.74) is 0.418. The fraction of sp³-hybridized carbons (Fsp3) is 0.929. The molecule has 3 rings (SSSR count). The molecule has 7 heteroatoms. The van der Waals surface area contributed by atoms with Gasteiger partial charge in [-0.2, -0.15) is 4.31 Å². The van der Waals surface area contributed by atoms with Gasteiger partial charge in [0, 0.05) is 19.0 Å². The van der Waals surface area contributed by atoms with Crippen LogP contribution in [0.5, 0.6) is 0 Å². The summed E-state index contributed by atoms with van der Waals surface area (Å²) >= 11 is 0. The van der Waals surface area contributed by atoms with Crippen molar-refractivity contribution in [2.75, 3.05) is 26.3 Å². The molecule has 0 amide bonds. The van der Waals surface area contributed by atoms with Crippen LogP contribution in [-0.2, 0) is 14.8 Å². The largest absolute Gasteiger partial charge is 0.411 e. The molecule has 0 aromatic carbocycles. The second-order valence-electron chi connectivity index (χ2n) is 7.06. The standard InChI is InChI=1S/C14H24N2O4S/c1-9-10-8-11(14(9,2)3)13(12(10)15-17)21(18,19)16-4-6-20-7-5-16/h9-11,13,17H,4-8H2,1-3H3/b15-12-. The van der Waals surface area contributed by atoms with Gasteiger partial charge in [0.1, 0.15) is 5.25 Å². The highest BCUT2D eigenvalue weighted by Gasteiger charge is 2.63. The lowest BCUT2D eigenvalue weighted by atomic mass is 9.69. The summed E-state index contributed by atoms with van der Waals surface area (Å²) in [6.45, 7) is 8.07. The van der Waals surface area contributed by atoms with E-state index in [1.165, 1.54) is 4.31 Å². The monoisotopic (exact) mass is 316 g/mol. The van der Waals surface area contributed by atoms with E-state index in [2.05, 4.69) is 25.9 Å². The minimum absolute atomic E-state index is 0.0243. The van der Waals surface area contributed by atoms with Gasteiger partial charge in [-0.3, -0.25) is 0 Å². The fourth-order valence-corrected chi connectivity index (χ4v) is 6.78. The zero-order valence-electron chi connectivity index (χ0n) is 12.8. The van der Waals surface area contributed by atoms with Gasteiger partial charge < -0.3 is 9.94 Å². The van der Waals surface area contributed by atoms with Crippen molar-refractivity contribution in [2.45, 2.75) is 32.4 Å². The molecule has 2 bridgehead atoms. The second-order valence-corrected chi connectivity index (χ2v) is 9.11. The SMILES string of the molecule is CC1C2CC(C(S(=O)(=O)N3CCOCC3)/C2=N\O)C1(C)C. The highest BCUT2D eigenvalue weighted by atomic mass is 32.2. The van der Waals surface area contributed by atoms with Gasteiger partial charge in [0.15, 0.2) is 0 Å². The molecule has 0 spiro atoms. The Morgan fingerprint density at radius 3 is 2.52 bits per heavy atom. The maximum atomic E-state index is 13.0. The molecule has 120 valence electrons. The molecular weight excluding hydrogens is 292 g/mol. The molecule has 21 heavy (non-hydrogen) atoms. The van der Waals surface area contributed by atoms with Crippen molar-refractivity contribution in [1.82, 2.24) is 4.31 Å². The van der Waals surface area contributed by atoms with Crippen LogP contribution in [0.25, 0.3) is 0 Å². The average Bonchev–Trinajstić information content (AvgIpc) is 2.96. The van der Waals surface area contributed by atoms with Crippen LogP contribution in [0.2, 0.25) is 0 Å². The zero-order valence-corrected chi connectivity index (χ0v) is 13.6. The van der Waals surface area contributed by atoms with Crippen molar-refractivity contribution >= 4 is 15.7 Å². The minimum Gasteiger partial charge on any atom is -0.411 e. The Kier molecular flexibility index (Phi) is 3.58. The van der Waals surface area contributed by atoms with E-state index in [0.717, 1.165) is 6.42 Å². The van der Waals surface area contributed by atoms with Crippen LogP contribution in [0.1, 0.15) is 27.2 Å². The van der Waals surface area contributed by atoms with Crippen molar-refractivity contribution < 1.29 is 18.4 Å². The van der Waals surface area contributed by atoms with Gasteiger partial charge in [0.05, 0.1) is 18.9 Å². The molecule has 1 aliphatic heterocycles. The summed E-state index contributed by atoms with van der Waals surface area (Å²) in [4.78, 5) is 0. The van der Waals surface area contributed by atoms with Crippen LogP contribution in [-0.4, -0.2) is 55.2 Å². The van der Waals surface area contributed by atoms with Crippen molar-refractivity contribution in [3.63, 3.8) is 0 Å². The first-order valence-corrected chi connectivity index (χ1v) is 9.10. The van der Waals surface area contributed by atoms with E-state index < -0.39 is 15.3 Å². The molecule has 2 aliphatic carbocycles. The van der Waals surface area contributed by atoms with Crippen molar-refractivity contribution in [2.24, 2.45) is 28.3 Å². The molecule has 0 aromatic heterocycles. The lowest BCUT2D eigenvalue weighted by Gasteiger charge is -2.42. The maximum Gasteiger partial charge on any atom is 0.222 e. The van der Waals surface area contributed by atoms with Gasteiger partial charge >= 0.3 is 0 Å². The number of ether oxygens (including phenoxy) is 1. The van der Waals surface area contributed by atoms with Crippen LogP contribution in [0.15, 0.2) is 5.16 Å².